The average Bonchev–Trinajstić information content (AvgIpc) is 3.13. The molecule has 1 aromatic heterocycles. The lowest BCUT2D eigenvalue weighted by molar-refractivity contribution is -0.123. The van der Waals surface area contributed by atoms with Gasteiger partial charge >= 0.3 is 0 Å². The number of ether oxygens (including phenoxy) is 1. The fraction of sp³-hybridized carbons (Fsp3) is 0.143. The Bertz CT molecular complexity index is 1030. The van der Waals surface area contributed by atoms with Crippen LogP contribution < -0.4 is 10.2 Å². The fourth-order valence-corrected chi connectivity index (χ4v) is 2.79. The Morgan fingerprint density at radius 2 is 1.93 bits per heavy atom. The topological polar surface area (TPSA) is 63.8 Å². The maximum absolute atomic E-state index is 11.9. The van der Waals surface area contributed by atoms with Crippen molar-refractivity contribution in [2.45, 2.75) is 13.8 Å². The molecule has 1 N–H and O–H groups in total. The van der Waals surface area contributed by atoms with Gasteiger partial charge in [0.05, 0.1) is 11.2 Å². The van der Waals surface area contributed by atoms with Gasteiger partial charge in [-0.1, -0.05) is 29.3 Å². The molecule has 2 aromatic carbocycles. The first-order valence-corrected chi connectivity index (χ1v) is 9.25. The minimum Gasteiger partial charge on any atom is -0.484 e. The van der Waals surface area contributed by atoms with E-state index < -0.39 is 0 Å². The van der Waals surface area contributed by atoms with Crippen LogP contribution in [0.1, 0.15) is 16.9 Å². The molecular formula is C21H18Cl2N2O3. The van der Waals surface area contributed by atoms with Crippen molar-refractivity contribution in [3.05, 3.63) is 75.5 Å². The molecule has 0 atom stereocenters. The molecule has 0 aliphatic heterocycles. The highest BCUT2D eigenvalue weighted by molar-refractivity contribution is 6.35. The second-order valence-electron chi connectivity index (χ2n) is 6.15. The average molecular weight is 417 g/mol. The summed E-state index contributed by atoms with van der Waals surface area (Å²) in [5.41, 5.74) is 5.34. The third-order valence-corrected chi connectivity index (χ3v) is 4.61. The van der Waals surface area contributed by atoms with Gasteiger partial charge in [-0.3, -0.25) is 4.79 Å². The molecule has 0 aliphatic carbocycles. The number of aryl methyl sites for hydroxylation is 2. The van der Waals surface area contributed by atoms with Crippen LogP contribution in [0.5, 0.6) is 5.75 Å². The molecule has 3 aromatic rings. The van der Waals surface area contributed by atoms with Gasteiger partial charge in [-0.15, -0.1) is 0 Å². The van der Waals surface area contributed by atoms with E-state index in [1.54, 1.807) is 30.3 Å². The van der Waals surface area contributed by atoms with Gasteiger partial charge in [0.15, 0.2) is 6.61 Å². The Kier molecular flexibility index (Phi) is 6.39. The largest absolute Gasteiger partial charge is 0.484 e. The van der Waals surface area contributed by atoms with Crippen LogP contribution in [0.3, 0.4) is 0 Å². The molecule has 1 amide bonds. The SMILES string of the molecule is Cc1ccc(OCC(=O)N/N=C/c2ccc(-c3cc(Cl)ccc3Cl)o2)cc1C. The molecule has 0 unspecified atom stereocenters. The van der Waals surface area contributed by atoms with Gasteiger partial charge in [-0.05, 0) is 67.4 Å². The van der Waals surface area contributed by atoms with Crippen LogP contribution in [0.15, 0.2) is 58.0 Å². The molecule has 0 fully saturated rings. The number of furan rings is 1. The van der Waals surface area contributed by atoms with E-state index in [2.05, 4.69) is 10.5 Å². The highest BCUT2D eigenvalue weighted by atomic mass is 35.5. The summed E-state index contributed by atoms with van der Waals surface area (Å²) >= 11 is 12.2. The van der Waals surface area contributed by atoms with E-state index in [9.17, 15) is 4.79 Å². The maximum atomic E-state index is 11.9. The Hall–Kier alpha value is -2.76. The van der Waals surface area contributed by atoms with Gasteiger partial charge < -0.3 is 9.15 Å². The number of amides is 1. The Labute approximate surface area is 172 Å². The summed E-state index contributed by atoms with van der Waals surface area (Å²) in [6.07, 6.45) is 1.40. The smallest absolute Gasteiger partial charge is 0.277 e. The number of carbonyl (C=O) groups excluding carboxylic acids is 1. The first-order chi connectivity index (χ1) is 13.4. The van der Waals surface area contributed by atoms with Crippen molar-refractivity contribution in [3.63, 3.8) is 0 Å². The lowest BCUT2D eigenvalue weighted by Crippen LogP contribution is -2.24. The Morgan fingerprint density at radius 1 is 1.11 bits per heavy atom. The highest BCUT2D eigenvalue weighted by Gasteiger charge is 2.09. The van der Waals surface area contributed by atoms with Crippen molar-refractivity contribution in [2.24, 2.45) is 5.10 Å². The number of hydrogen-bond acceptors (Lipinski definition) is 4. The van der Waals surface area contributed by atoms with E-state index in [-0.39, 0.29) is 12.5 Å². The molecule has 0 bridgehead atoms. The van der Waals surface area contributed by atoms with Crippen molar-refractivity contribution < 1.29 is 13.9 Å². The molecule has 0 radical (unpaired) electrons. The number of halogens is 2. The number of carbonyl (C=O) groups is 1. The summed E-state index contributed by atoms with van der Waals surface area (Å²) in [5.74, 6) is 1.27. The van der Waals surface area contributed by atoms with Crippen LogP contribution in [0.2, 0.25) is 10.0 Å². The minimum absolute atomic E-state index is 0.138. The first-order valence-electron chi connectivity index (χ1n) is 8.49. The van der Waals surface area contributed by atoms with Crippen LogP contribution in [0.25, 0.3) is 11.3 Å². The highest BCUT2D eigenvalue weighted by Crippen LogP contribution is 2.31. The standard InChI is InChI=1S/C21H18Cl2N2O3/c1-13-3-5-16(9-14(13)2)27-12-21(26)25-24-11-17-6-8-20(28-17)18-10-15(22)4-7-19(18)23/h3-11H,12H2,1-2H3,(H,25,26)/b24-11+. The van der Waals surface area contributed by atoms with Gasteiger partial charge in [0.25, 0.3) is 5.91 Å². The summed E-state index contributed by atoms with van der Waals surface area (Å²) in [6, 6.07) is 14.2. The van der Waals surface area contributed by atoms with E-state index in [1.165, 1.54) is 11.8 Å². The molecule has 7 heteroatoms. The van der Waals surface area contributed by atoms with Crippen molar-refractivity contribution in [3.8, 4) is 17.1 Å². The number of rotatable bonds is 6. The van der Waals surface area contributed by atoms with E-state index >= 15 is 0 Å². The molecule has 0 aliphatic rings. The van der Waals surface area contributed by atoms with Gasteiger partial charge in [0, 0.05) is 10.6 Å². The van der Waals surface area contributed by atoms with Gasteiger partial charge in [-0.2, -0.15) is 5.10 Å². The number of nitrogens with zero attached hydrogens (tertiary/aromatic N) is 1. The minimum atomic E-state index is -0.376. The van der Waals surface area contributed by atoms with E-state index in [0.717, 1.165) is 5.56 Å². The van der Waals surface area contributed by atoms with Crippen molar-refractivity contribution >= 4 is 35.3 Å². The zero-order valence-electron chi connectivity index (χ0n) is 15.3. The molecule has 3 rings (SSSR count). The third kappa shape index (κ3) is 5.15. The lowest BCUT2D eigenvalue weighted by atomic mass is 10.1. The van der Waals surface area contributed by atoms with Crippen molar-refractivity contribution in [1.82, 2.24) is 5.43 Å². The molecule has 28 heavy (non-hydrogen) atoms. The van der Waals surface area contributed by atoms with Crippen molar-refractivity contribution in [2.75, 3.05) is 6.61 Å². The maximum Gasteiger partial charge on any atom is 0.277 e. The second kappa shape index (κ2) is 8.95. The predicted octanol–water partition coefficient (Wildman–Crippen LogP) is 5.40. The van der Waals surface area contributed by atoms with E-state index in [4.69, 9.17) is 32.4 Å². The van der Waals surface area contributed by atoms with Gasteiger partial charge in [-0.25, -0.2) is 5.43 Å². The summed E-state index contributed by atoms with van der Waals surface area (Å²) in [4.78, 5) is 11.9. The lowest BCUT2D eigenvalue weighted by Gasteiger charge is -2.07. The zero-order chi connectivity index (χ0) is 20.1. The van der Waals surface area contributed by atoms with Crippen molar-refractivity contribution in [1.29, 1.82) is 0 Å². The zero-order valence-corrected chi connectivity index (χ0v) is 16.8. The van der Waals surface area contributed by atoms with Crippen LogP contribution in [-0.2, 0) is 4.79 Å². The van der Waals surface area contributed by atoms with Gasteiger partial charge in [0.1, 0.15) is 17.3 Å². The fourth-order valence-electron chi connectivity index (χ4n) is 2.41. The summed E-state index contributed by atoms with van der Waals surface area (Å²) in [7, 11) is 0. The van der Waals surface area contributed by atoms with Crippen LogP contribution in [0.4, 0.5) is 0 Å². The molecule has 1 heterocycles. The monoisotopic (exact) mass is 416 g/mol. The Morgan fingerprint density at radius 3 is 2.71 bits per heavy atom. The molecule has 0 saturated heterocycles. The van der Waals surface area contributed by atoms with Gasteiger partial charge in [0.2, 0.25) is 0 Å². The third-order valence-electron chi connectivity index (χ3n) is 4.05. The molecule has 5 nitrogen and oxygen atoms in total. The predicted molar refractivity (Wildman–Crippen MR) is 111 cm³/mol. The second-order valence-corrected chi connectivity index (χ2v) is 7.00. The number of hydrogen-bond donors (Lipinski definition) is 1. The van der Waals surface area contributed by atoms with Crippen LogP contribution in [0, 0.1) is 13.8 Å². The quantitative estimate of drug-likeness (QED) is 0.432. The molecule has 0 spiro atoms. The summed E-state index contributed by atoms with van der Waals surface area (Å²) < 4.78 is 11.1. The number of benzene rings is 2. The van der Waals surface area contributed by atoms with Crippen LogP contribution >= 0.6 is 23.2 Å². The van der Waals surface area contributed by atoms with Crippen LogP contribution in [-0.4, -0.2) is 18.7 Å². The molecule has 0 saturated carbocycles. The molecule has 144 valence electrons. The number of hydrazone groups is 1. The summed E-state index contributed by atoms with van der Waals surface area (Å²) in [6.45, 7) is 3.86. The summed E-state index contributed by atoms with van der Waals surface area (Å²) in [5, 5.41) is 4.96. The first kappa shape index (κ1) is 20.0. The van der Waals surface area contributed by atoms with E-state index in [1.807, 2.05) is 32.0 Å². The molecular weight excluding hydrogens is 399 g/mol. The normalized spacial score (nSPS) is 11.0. The number of nitrogens with one attached hydrogen (secondary N) is 1. The van der Waals surface area contributed by atoms with E-state index in [0.29, 0.717) is 32.9 Å². The Balaban J connectivity index is 1.54.